The fourth-order valence-corrected chi connectivity index (χ4v) is 1.89. The van der Waals surface area contributed by atoms with E-state index in [4.69, 9.17) is 5.11 Å². The molecule has 0 aliphatic carbocycles. The van der Waals surface area contributed by atoms with Crippen LogP contribution in [-0.2, 0) is 4.79 Å². The highest BCUT2D eigenvalue weighted by molar-refractivity contribution is 7.99. The molecule has 0 aromatic rings. The molecule has 0 radical (unpaired) electrons. The van der Waals surface area contributed by atoms with Crippen molar-refractivity contribution in [1.29, 1.82) is 0 Å². The van der Waals surface area contributed by atoms with Crippen molar-refractivity contribution in [2.24, 2.45) is 0 Å². The Morgan fingerprint density at radius 1 is 1.44 bits per heavy atom. The fourth-order valence-electron chi connectivity index (χ4n) is 1.08. The van der Waals surface area contributed by atoms with Crippen LogP contribution in [0, 0.1) is 0 Å². The number of urea groups is 1. The third-order valence-corrected chi connectivity index (χ3v) is 3.26. The molecule has 0 spiro atoms. The number of amides is 2. The third kappa shape index (κ3) is 7.39. The van der Waals surface area contributed by atoms with Gasteiger partial charge in [-0.25, -0.2) is 9.59 Å². The lowest BCUT2D eigenvalue weighted by Gasteiger charge is -2.20. The predicted molar refractivity (Wildman–Crippen MR) is 71.9 cm³/mol. The maximum atomic E-state index is 11.4. The minimum atomic E-state index is -1.95. The van der Waals surface area contributed by atoms with Crippen molar-refractivity contribution in [1.82, 2.24) is 10.6 Å². The highest BCUT2D eigenvalue weighted by Gasteiger charge is 2.30. The summed E-state index contributed by atoms with van der Waals surface area (Å²) in [5.74, 6) is 0.640. The van der Waals surface area contributed by atoms with E-state index in [0.29, 0.717) is 0 Å². The topological polar surface area (TPSA) is 98.7 Å². The second-order valence-electron chi connectivity index (χ2n) is 4.29. The maximum absolute atomic E-state index is 11.4. The molecule has 18 heavy (non-hydrogen) atoms. The number of carbonyl (C=O) groups is 2. The molecule has 0 saturated heterocycles. The summed E-state index contributed by atoms with van der Waals surface area (Å²) in [5, 5.41) is 23.1. The van der Waals surface area contributed by atoms with Crippen LogP contribution in [0.3, 0.4) is 0 Å². The van der Waals surface area contributed by atoms with Crippen LogP contribution < -0.4 is 10.6 Å². The Bertz CT molecular complexity index is 284. The predicted octanol–water partition coefficient (Wildman–Crippen LogP) is 0.653. The summed E-state index contributed by atoms with van der Waals surface area (Å²) in [6.07, 6.45) is 0.848. The number of thioether (sulfide) groups is 1. The molecule has 2 amide bonds. The molecule has 0 heterocycles. The van der Waals surface area contributed by atoms with Gasteiger partial charge in [-0.2, -0.15) is 11.8 Å². The Morgan fingerprint density at radius 2 is 2.06 bits per heavy atom. The van der Waals surface area contributed by atoms with Crippen LogP contribution in [0.2, 0.25) is 0 Å². The van der Waals surface area contributed by atoms with Gasteiger partial charge in [0.05, 0.1) is 6.54 Å². The second-order valence-corrected chi connectivity index (χ2v) is 5.69. The van der Waals surface area contributed by atoms with Crippen LogP contribution in [-0.4, -0.2) is 51.9 Å². The quantitative estimate of drug-likeness (QED) is 0.489. The maximum Gasteiger partial charge on any atom is 0.337 e. The lowest BCUT2D eigenvalue weighted by atomic mass is 10.1. The summed E-state index contributed by atoms with van der Waals surface area (Å²) in [5.41, 5.74) is -1.95. The molecule has 0 aromatic carbocycles. The Labute approximate surface area is 112 Å². The molecule has 7 heteroatoms. The Balaban J connectivity index is 3.87. The number of nitrogens with one attached hydrogen (secondary N) is 2. The molecule has 0 aliphatic heterocycles. The van der Waals surface area contributed by atoms with E-state index >= 15 is 0 Å². The minimum Gasteiger partial charge on any atom is -0.479 e. The van der Waals surface area contributed by atoms with Crippen molar-refractivity contribution in [3.05, 3.63) is 0 Å². The first-order valence-electron chi connectivity index (χ1n) is 5.87. The number of aliphatic carboxylic acids is 1. The summed E-state index contributed by atoms with van der Waals surface area (Å²) in [6, 6.07) is -0.454. The van der Waals surface area contributed by atoms with Crippen molar-refractivity contribution < 1.29 is 19.8 Å². The first-order valence-corrected chi connectivity index (χ1v) is 7.03. The average molecular weight is 278 g/mol. The van der Waals surface area contributed by atoms with Crippen molar-refractivity contribution >= 4 is 23.8 Å². The standard InChI is InChI=1S/C11H22N2O4S/c1-4-18-6-5-8(2)13-10(16)12-7-11(3,17)9(14)15/h8,17H,4-7H2,1-3H3,(H,14,15)(H2,12,13,16). The molecule has 0 rings (SSSR count). The van der Waals surface area contributed by atoms with Crippen molar-refractivity contribution in [2.75, 3.05) is 18.1 Å². The number of aliphatic hydroxyl groups is 1. The van der Waals surface area contributed by atoms with Crippen LogP contribution in [0.15, 0.2) is 0 Å². The summed E-state index contributed by atoms with van der Waals surface area (Å²) < 4.78 is 0. The summed E-state index contributed by atoms with van der Waals surface area (Å²) in [7, 11) is 0. The van der Waals surface area contributed by atoms with Crippen LogP contribution >= 0.6 is 11.8 Å². The van der Waals surface area contributed by atoms with Gasteiger partial charge in [0.1, 0.15) is 0 Å². The molecule has 0 aromatic heterocycles. The Morgan fingerprint density at radius 3 is 2.56 bits per heavy atom. The molecule has 6 nitrogen and oxygen atoms in total. The smallest absolute Gasteiger partial charge is 0.337 e. The van der Waals surface area contributed by atoms with Gasteiger partial charge in [-0.1, -0.05) is 6.92 Å². The lowest BCUT2D eigenvalue weighted by Crippen LogP contribution is -2.50. The number of carboxylic acid groups (broad SMARTS) is 1. The van der Waals surface area contributed by atoms with Gasteiger partial charge in [0, 0.05) is 6.04 Å². The number of carbonyl (C=O) groups excluding carboxylic acids is 1. The summed E-state index contributed by atoms with van der Waals surface area (Å²) in [4.78, 5) is 22.0. The van der Waals surface area contributed by atoms with Crippen LogP contribution in [0.1, 0.15) is 27.2 Å². The molecular weight excluding hydrogens is 256 g/mol. The van der Waals surface area contributed by atoms with Gasteiger partial charge in [0.25, 0.3) is 0 Å². The van der Waals surface area contributed by atoms with Crippen molar-refractivity contribution in [2.45, 2.75) is 38.8 Å². The molecule has 4 N–H and O–H groups in total. The number of hydrogen-bond donors (Lipinski definition) is 4. The van der Waals surface area contributed by atoms with E-state index in [-0.39, 0.29) is 12.6 Å². The second kappa shape index (κ2) is 8.20. The lowest BCUT2D eigenvalue weighted by molar-refractivity contribution is -0.155. The van der Waals surface area contributed by atoms with E-state index in [1.54, 1.807) is 11.8 Å². The first-order chi connectivity index (χ1) is 8.29. The van der Waals surface area contributed by atoms with Crippen molar-refractivity contribution in [3.63, 3.8) is 0 Å². The summed E-state index contributed by atoms with van der Waals surface area (Å²) in [6.45, 7) is 4.76. The van der Waals surface area contributed by atoms with Crippen LogP contribution in [0.5, 0.6) is 0 Å². The van der Waals surface area contributed by atoms with Crippen molar-refractivity contribution in [3.8, 4) is 0 Å². The van der Waals surface area contributed by atoms with E-state index < -0.39 is 17.6 Å². The van der Waals surface area contributed by atoms with E-state index in [1.807, 2.05) is 6.92 Å². The molecular formula is C11H22N2O4S. The van der Waals surface area contributed by atoms with Gasteiger partial charge in [-0.3, -0.25) is 0 Å². The number of hydrogen-bond acceptors (Lipinski definition) is 4. The van der Waals surface area contributed by atoms with Gasteiger partial charge in [-0.05, 0) is 31.8 Å². The van der Waals surface area contributed by atoms with Gasteiger partial charge in [0.15, 0.2) is 5.60 Å². The largest absolute Gasteiger partial charge is 0.479 e. The molecule has 0 fully saturated rings. The van der Waals surface area contributed by atoms with E-state index in [0.717, 1.165) is 24.9 Å². The highest BCUT2D eigenvalue weighted by atomic mass is 32.2. The normalized spacial score (nSPS) is 15.6. The zero-order chi connectivity index (χ0) is 14.2. The molecule has 0 bridgehead atoms. The molecule has 0 aliphatic rings. The average Bonchev–Trinajstić information content (AvgIpc) is 2.26. The Kier molecular flexibility index (Phi) is 7.77. The fraction of sp³-hybridized carbons (Fsp3) is 0.818. The number of carboxylic acids is 1. The van der Waals surface area contributed by atoms with Gasteiger partial charge < -0.3 is 20.8 Å². The van der Waals surface area contributed by atoms with Gasteiger partial charge in [0.2, 0.25) is 0 Å². The zero-order valence-electron chi connectivity index (χ0n) is 11.0. The SMILES string of the molecule is CCSCCC(C)NC(=O)NCC(C)(O)C(=O)O. The minimum absolute atomic E-state index is 0.0128. The summed E-state index contributed by atoms with van der Waals surface area (Å²) >= 11 is 1.80. The zero-order valence-corrected chi connectivity index (χ0v) is 11.8. The number of rotatable bonds is 8. The van der Waals surface area contributed by atoms with Gasteiger partial charge in [-0.15, -0.1) is 0 Å². The van der Waals surface area contributed by atoms with Gasteiger partial charge >= 0.3 is 12.0 Å². The van der Waals surface area contributed by atoms with Crippen LogP contribution in [0.4, 0.5) is 4.79 Å². The molecule has 0 saturated carbocycles. The van der Waals surface area contributed by atoms with E-state index in [2.05, 4.69) is 17.6 Å². The van der Waals surface area contributed by atoms with E-state index in [9.17, 15) is 14.7 Å². The third-order valence-electron chi connectivity index (χ3n) is 2.33. The molecule has 2 unspecified atom stereocenters. The van der Waals surface area contributed by atoms with E-state index in [1.165, 1.54) is 0 Å². The first kappa shape index (κ1) is 17.1. The molecule has 2 atom stereocenters. The van der Waals surface area contributed by atoms with Crippen LogP contribution in [0.25, 0.3) is 0 Å². The highest BCUT2D eigenvalue weighted by Crippen LogP contribution is 2.04. The monoisotopic (exact) mass is 278 g/mol. The molecule has 106 valence electrons. The Hall–Kier alpha value is -0.950.